The normalized spacial score (nSPS) is 15.3. The maximum absolute atomic E-state index is 13.0. The standard InChI is InChI=1S/C12H16F3NO2/c1-4-11(17,12(13,14)15)8-5-7(2)9(16)6-10(8)18-3/h5-6,17H,4,16H2,1-3H3. The molecule has 0 aliphatic heterocycles. The minimum absolute atomic E-state index is 0.0697. The van der Waals surface area contributed by atoms with Crippen LogP contribution in [0.15, 0.2) is 12.1 Å². The Bertz CT molecular complexity index is 446. The van der Waals surface area contributed by atoms with Gasteiger partial charge in [-0.1, -0.05) is 6.92 Å². The SMILES string of the molecule is CCC(O)(c1cc(C)c(N)cc1OC)C(F)(F)F. The molecule has 0 amide bonds. The van der Waals surface area contributed by atoms with Crippen LogP contribution in [0, 0.1) is 6.92 Å². The van der Waals surface area contributed by atoms with E-state index in [-0.39, 0.29) is 11.3 Å². The van der Waals surface area contributed by atoms with E-state index in [1.807, 2.05) is 0 Å². The number of hydrogen-bond acceptors (Lipinski definition) is 3. The molecule has 0 spiro atoms. The predicted molar refractivity (Wildman–Crippen MR) is 62.4 cm³/mol. The van der Waals surface area contributed by atoms with E-state index in [1.54, 1.807) is 6.92 Å². The third-order valence-electron chi connectivity index (χ3n) is 3.01. The number of nitrogen functional groups attached to an aromatic ring is 1. The van der Waals surface area contributed by atoms with Crippen LogP contribution in [0.3, 0.4) is 0 Å². The molecular weight excluding hydrogens is 247 g/mol. The third-order valence-corrected chi connectivity index (χ3v) is 3.01. The minimum atomic E-state index is -4.78. The maximum Gasteiger partial charge on any atom is 0.421 e. The molecule has 3 N–H and O–H groups in total. The quantitative estimate of drug-likeness (QED) is 0.824. The Balaban J connectivity index is 3.52. The molecule has 1 aromatic rings. The molecule has 0 heterocycles. The van der Waals surface area contributed by atoms with Crippen molar-refractivity contribution in [3.63, 3.8) is 0 Å². The van der Waals surface area contributed by atoms with Crippen molar-refractivity contribution >= 4 is 5.69 Å². The summed E-state index contributed by atoms with van der Waals surface area (Å²) in [7, 11) is 1.24. The number of alkyl halides is 3. The van der Waals surface area contributed by atoms with Crippen LogP contribution < -0.4 is 10.5 Å². The second kappa shape index (κ2) is 4.68. The van der Waals surface area contributed by atoms with Gasteiger partial charge in [0.05, 0.1) is 7.11 Å². The lowest BCUT2D eigenvalue weighted by Crippen LogP contribution is -2.42. The molecule has 6 heteroatoms. The molecule has 1 atom stereocenters. The number of anilines is 1. The van der Waals surface area contributed by atoms with Crippen LogP contribution in [0.2, 0.25) is 0 Å². The lowest BCUT2D eigenvalue weighted by molar-refractivity contribution is -0.268. The van der Waals surface area contributed by atoms with Crippen LogP contribution in [-0.2, 0) is 5.60 Å². The second-order valence-electron chi connectivity index (χ2n) is 4.12. The number of hydrogen-bond donors (Lipinski definition) is 2. The van der Waals surface area contributed by atoms with Crippen molar-refractivity contribution in [2.75, 3.05) is 12.8 Å². The third kappa shape index (κ3) is 2.25. The van der Waals surface area contributed by atoms with Gasteiger partial charge in [-0.15, -0.1) is 0 Å². The average Bonchev–Trinajstić information content (AvgIpc) is 2.29. The summed E-state index contributed by atoms with van der Waals surface area (Å²) >= 11 is 0. The van der Waals surface area contributed by atoms with Crippen LogP contribution in [0.5, 0.6) is 5.75 Å². The number of ether oxygens (including phenoxy) is 1. The van der Waals surface area contributed by atoms with Crippen molar-refractivity contribution in [1.29, 1.82) is 0 Å². The fourth-order valence-corrected chi connectivity index (χ4v) is 1.74. The highest BCUT2D eigenvalue weighted by Crippen LogP contribution is 2.45. The van der Waals surface area contributed by atoms with Gasteiger partial charge in [0.15, 0.2) is 5.60 Å². The lowest BCUT2D eigenvalue weighted by Gasteiger charge is -2.31. The van der Waals surface area contributed by atoms with Gasteiger partial charge >= 0.3 is 6.18 Å². The lowest BCUT2D eigenvalue weighted by atomic mass is 9.88. The number of benzene rings is 1. The molecule has 18 heavy (non-hydrogen) atoms. The highest BCUT2D eigenvalue weighted by atomic mass is 19.4. The van der Waals surface area contributed by atoms with Gasteiger partial charge in [0, 0.05) is 17.3 Å². The van der Waals surface area contributed by atoms with Crippen LogP contribution >= 0.6 is 0 Å². The number of aryl methyl sites for hydroxylation is 1. The molecule has 102 valence electrons. The fraction of sp³-hybridized carbons (Fsp3) is 0.500. The van der Waals surface area contributed by atoms with Gasteiger partial charge in [-0.25, -0.2) is 0 Å². The largest absolute Gasteiger partial charge is 0.496 e. The number of aliphatic hydroxyl groups is 1. The van der Waals surface area contributed by atoms with Crippen LogP contribution in [-0.4, -0.2) is 18.4 Å². The zero-order chi connectivity index (χ0) is 14.1. The van der Waals surface area contributed by atoms with Crippen molar-refractivity contribution < 1.29 is 23.0 Å². The molecule has 1 aromatic carbocycles. The Morgan fingerprint density at radius 1 is 1.33 bits per heavy atom. The molecular formula is C12H16F3NO2. The van der Waals surface area contributed by atoms with Crippen molar-refractivity contribution in [2.45, 2.75) is 32.0 Å². The topological polar surface area (TPSA) is 55.5 Å². The van der Waals surface area contributed by atoms with Crippen LogP contribution in [0.4, 0.5) is 18.9 Å². The van der Waals surface area contributed by atoms with Crippen molar-refractivity contribution in [2.24, 2.45) is 0 Å². The summed E-state index contributed by atoms with van der Waals surface area (Å²) in [5.74, 6) is -0.0697. The molecule has 1 unspecified atom stereocenters. The minimum Gasteiger partial charge on any atom is -0.496 e. The Morgan fingerprint density at radius 3 is 2.28 bits per heavy atom. The number of halogens is 3. The van der Waals surface area contributed by atoms with E-state index in [9.17, 15) is 18.3 Å². The first-order valence-electron chi connectivity index (χ1n) is 5.41. The Morgan fingerprint density at radius 2 is 1.89 bits per heavy atom. The maximum atomic E-state index is 13.0. The van der Waals surface area contributed by atoms with Gasteiger partial charge < -0.3 is 15.6 Å². The smallest absolute Gasteiger partial charge is 0.421 e. The van der Waals surface area contributed by atoms with Crippen LogP contribution in [0.25, 0.3) is 0 Å². The van der Waals surface area contributed by atoms with Gasteiger partial charge in [0.2, 0.25) is 0 Å². The van der Waals surface area contributed by atoms with E-state index in [0.29, 0.717) is 11.3 Å². The molecule has 0 bridgehead atoms. The van der Waals surface area contributed by atoms with E-state index in [0.717, 1.165) is 0 Å². The van der Waals surface area contributed by atoms with Gasteiger partial charge in [-0.05, 0) is 25.0 Å². The number of rotatable bonds is 3. The summed E-state index contributed by atoms with van der Waals surface area (Å²) in [4.78, 5) is 0. The average molecular weight is 263 g/mol. The summed E-state index contributed by atoms with van der Waals surface area (Å²) in [5, 5.41) is 9.91. The Labute approximate surface area is 103 Å². The van der Waals surface area contributed by atoms with Crippen molar-refractivity contribution in [3.05, 3.63) is 23.3 Å². The van der Waals surface area contributed by atoms with Gasteiger partial charge in [-0.3, -0.25) is 0 Å². The summed E-state index contributed by atoms with van der Waals surface area (Å²) in [6.45, 7) is 2.84. The summed E-state index contributed by atoms with van der Waals surface area (Å²) in [5.41, 5.74) is 3.15. The highest BCUT2D eigenvalue weighted by Gasteiger charge is 2.55. The van der Waals surface area contributed by atoms with E-state index in [2.05, 4.69) is 0 Å². The van der Waals surface area contributed by atoms with Crippen molar-refractivity contribution in [3.8, 4) is 5.75 Å². The predicted octanol–water partition coefficient (Wildman–Crippen LogP) is 2.75. The molecule has 0 radical (unpaired) electrons. The first kappa shape index (κ1) is 14.6. The number of nitrogens with two attached hydrogens (primary N) is 1. The molecule has 3 nitrogen and oxygen atoms in total. The van der Waals surface area contributed by atoms with Crippen molar-refractivity contribution in [1.82, 2.24) is 0 Å². The molecule has 0 saturated carbocycles. The zero-order valence-corrected chi connectivity index (χ0v) is 10.4. The fourth-order valence-electron chi connectivity index (χ4n) is 1.74. The van der Waals surface area contributed by atoms with E-state index >= 15 is 0 Å². The van der Waals surface area contributed by atoms with E-state index < -0.39 is 18.2 Å². The van der Waals surface area contributed by atoms with E-state index in [4.69, 9.17) is 10.5 Å². The second-order valence-corrected chi connectivity index (χ2v) is 4.12. The molecule has 0 saturated heterocycles. The number of methoxy groups -OCH3 is 1. The van der Waals surface area contributed by atoms with E-state index in [1.165, 1.54) is 26.2 Å². The highest BCUT2D eigenvalue weighted by molar-refractivity contribution is 5.56. The molecule has 0 aliphatic carbocycles. The summed E-state index contributed by atoms with van der Waals surface area (Å²) in [6.07, 6.45) is -5.28. The molecule has 0 fully saturated rings. The van der Waals surface area contributed by atoms with Crippen LogP contribution in [0.1, 0.15) is 24.5 Å². The monoisotopic (exact) mass is 263 g/mol. The van der Waals surface area contributed by atoms with Gasteiger partial charge in [0.25, 0.3) is 0 Å². The van der Waals surface area contributed by atoms with Gasteiger partial charge in [0.1, 0.15) is 5.75 Å². The molecule has 0 aromatic heterocycles. The Hall–Kier alpha value is -1.43. The first-order chi connectivity index (χ1) is 8.17. The first-order valence-corrected chi connectivity index (χ1v) is 5.41. The summed E-state index contributed by atoms with van der Waals surface area (Å²) < 4.78 is 43.9. The summed E-state index contributed by atoms with van der Waals surface area (Å²) in [6, 6.07) is 2.50. The molecule has 1 rings (SSSR count). The zero-order valence-electron chi connectivity index (χ0n) is 10.4. The Kier molecular flexibility index (Phi) is 3.81. The van der Waals surface area contributed by atoms with Gasteiger partial charge in [-0.2, -0.15) is 13.2 Å². The molecule has 0 aliphatic rings.